The minimum atomic E-state index is 0.0244. The number of fused-ring (bicyclic) bond motifs is 1. The number of ether oxygens (including phenoxy) is 1. The second-order valence-electron chi connectivity index (χ2n) is 5.06. The van der Waals surface area contributed by atoms with Crippen LogP contribution in [0.5, 0.6) is 11.5 Å². The number of carbonyl (C=O) groups excluding carboxylic acids is 1. The Morgan fingerprint density at radius 2 is 2.19 bits per heavy atom. The van der Waals surface area contributed by atoms with E-state index in [1.165, 1.54) is 7.11 Å². The lowest BCUT2D eigenvalue weighted by molar-refractivity contribution is 0.102. The van der Waals surface area contributed by atoms with E-state index in [1.807, 2.05) is 13.1 Å². The number of benzene rings is 1. The lowest BCUT2D eigenvalue weighted by Gasteiger charge is -2.14. The molecule has 5 nitrogen and oxygen atoms in total. The molecule has 0 spiro atoms. The first-order chi connectivity index (χ1) is 10.1. The zero-order valence-corrected chi connectivity index (χ0v) is 12.0. The predicted molar refractivity (Wildman–Crippen MR) is 78.5 cm³/mol. The number of allylic oxidation sites excluding steroid dienone is 1. The molecule has 0 bridgehead atoms. The van der Waals surface area contributed by atoms with Gasteiger partial charge in [-0.25, -0.2) is 0 Å². The van der Waals surface area contributed by atoms with Crippen molar-refractivity contribution in [3.8, 4) is 11.5 Å². The number of ketones is 1. The van der Waals surface area contributed by atoms with Gasteiger partial charge in [0.15, 0.2) is 17.3 Å². The smallest absolute Gasteiger partial charge is 0.192 e. The zero-order valence-electron chi connectivity index (χ0n) is 12.0. The van der Waals surface area contributed by atoms with Crippen LogP contribution in [0.25, 0.3) is 6.08 Å². The molecule has 108 valence electrons. The van der Waals surface area contributed by atoms with E-state index in [0.29, 0.717) is 17.7 Å². The molecule has 1 aliphatic rings. The van der Waals surface area contributed by atoms with Crippen molar-refractivity contribution in [1.29, 1.82) is 0 Å². The van der Waals surface area contributed by atoms with Gasteiger partial charge in [0.05, 0.1) is 18.9 Å². The summed E-state index contributed by atoms with van der Waals surface area (Å²) in [5, 5.41) is 13.7. The van der Waals surface area contributed by atoms with Crippen LogP contribution in [-0.4, -0.2) is 27.8 Å². The summed E-state index contributed by atoms with van der Waals surface area (Å²) in [6.07, 6.45) is 4.97. The summed E-state index contributed by atoms with van der Waals surface area (Å²) in [6.45, 7) is 0. The largest absolute Gasteiger partial charge is 0.504 e. The number of hydrogen-bond acceptors (Lipinski definition) is 4. The van der Waals surface area contributed by atoms with E-state index >= 15 is 0 Å². The topological polar surface area (TPSA) is 64.4 Å². The maximum absolute atomic E-state index is 12.5. The highest BCUT2D eigenvalue weighted by molar-refractivity contribution is 6.12. The number of aryl methyl sites for hydroxylation is 1. The fourth-order valence-electron chi connectivity index (χ4n) is 2.61. The average molecular weight is 284 g/mol. The number of phenolic OH excluding ortho intramolecular Hbond substituents is 1. The molecule has 21 heavy (non-hydrogen) atoms. The van der Waals surface area contributed by atoms with Gasteiger partial charge in [-0.05, 0) is 36.6 Å². The molecule has 0 radical (unpaired) electrons. The molecule has 0 unspecified atom stereocenters. The zero-order chi connectivity index (χ0) is 15.0. The van der Waals surface area contributed by atoms with Crippen molar-refractivity contribution >= 4 is 11.9 Å². The number of aromatic hydroxyl groups is 1. The molecule has 0 aliphatic heterocycles. The van der Waals surface area contributed by atoms with E-state index in [4.69, 9.17) is 4.74 Å². The molecular weight excluding hydrogens is 268 g/mol. The molecule has 0 saturated carbocycles. The van der Waals surface area contributed by atoms with Crippen molar-refractivity contribution in [3.63, 3.8) is 0 Å². The second kappa shape index (κ2) is 5.09. The first kappa shape index (κ1) is 13.4. The molecule has 1 heterocycles. The van der Waals surface area contributed by atoms with Gasteiger partial charge in [-0.15, -0.1) is 0 Å². The van der Waals surface area contributed by atoms with Gasteiger partial charge in [0.1, 0.15) is 0 Å². The number of nitrogens with zero attached hydrogens (tertiary/aromatic N) is 2. The van der Waals surface area contributed by atoms with Crippen molar-refractivity contribution in [2.45, 2.75) is 12.8 Å². The molecule has 1 aromatic carbocycles. The van der Waals surface area contributed by atoms with Gasteiger partial charge < -0.3 is 9.84 Å². The molecule has 1 N–H and O–H groups in total. The van der Waals surface area contributed by atoms with E-state index in [-0.39, 0.29) is 11.5 Å². The quantitative estimate of drug-likeness (QED) is 0.860. The van der Waals surface area contributed by atoms with Gasteiger partial charge in [0.2, 0.25) is 0 Å². The Balaban J connectivity index is 1.96. The summed E-state index contributed by atoms with van der Waals surface area (Å²) >= 11 is 0. The summed E-state index contributed by atoms with van der Waals surface area (Å²) in [5.74, 6) is 0.509. The molecule has 3 rings (SSSR count). The summed E-state index contributed by atoms with van der Waals surface area (Å²) in [6, 6.07) is 5.04. The number of aromatic nitrogens is 2. The third kappa shape index (κ3) is 2.31. The van der Waals surface area contributed by atoms with Crippen molar-refractivity contribution in [2.24, 2.45) is 7.05 Å². The first-order valence-electron chi connectivity index (χ1n) is 6.73. The Hall–Kier alpha value is -2.56. The second-order valence-corrected chi connectivity index (χ2v) is 5.06. The minimum absolute atomic E-state index is 0.0244. The molecule has 1 aromatic heterocycles. The van der Waals surface area contributed by atoms with Crippen molar-refractivity contribution in [2.75, 3.05) is 7.11 Å². The fourth-order valence-corrected chi connectivity index (χ4v) is 2.61. The Kier molecular flexibility index (Phi) is 3.25. The van der Waals surface area contributed by atoms with E-state index in [1.54, 1.807) is 29.1 Å². The van der Waals surface area contributed by atoms with Crippen LogP contribution in [0.4, 0.5) is 0 Å². The summed E-state index contributed by atoms with van der Waals surface area (Å²) in [4.78, 5) is 12.5. The van der Waals surface area contributed by atoms with Crippen LogP contribution in [0.15, 0.2) is 30.0 Å². The van der Waals surface area contributed by atoms with Crippen LogP contribution in [0.2, 0.25) is 0 Å². The molecular formula is C16H16N2O3. The van der Waals surface area contributed by atoms with Crippen LogP contribution < -0.4 is 4.74 Å². The van der Waals surface area contributed by atoms with E-state index in [9.17, 15) is 9.90 Å². The summed E-state index contributed by atoms with van der Waals surface area (Å²) in [7, 11) is 3.35. The molecule has 0 fully saturated rings. The summed E-state index contributed by atoms with van der Waals surface area (Å²) < 4.78 is 6.84. The Morgan fingerprint density at radius 1 is 1.38 bits per heavy atom. The number of methoxy groups -OCH3 is 1. The highest BCUT2D eigenvalue weighted by Gasteiger charge is 2.24. The third-order valence-corrected chi connectivity index (χ3v) is 3.77. The standard InChI is InChI=1S/C16H16N2O3/c1-18-13-5-4-11(16(20)12(13)9-17-18)7-10-3-6-14(19)15(8-10)21-2/h3,6-9,19H,4-5H2,1-2H3/b11-7+. The monoisotopic (exact) mass is 284 g/mol. The molecule has 0 atom stereocenters. The number of rotatable bonds is 2. The predicted octanol–water partition coefficient (Wildman–Crippen LogP) is 2.35. The fraction of sp³-hybridized carbons (Fsp3) is 0.250. The Morgan fingerprint density at radius 3 is 2.95 bits per heavy atom. The van der Waals surface area contributed by atoms with Crippen molar-refractivity contribution in [3.05, 3.63) is 46.8 Å². The maximum Gasteiger partial charge on any atom is 0.192 e. The highest BCUT2D eigenvalue weighted by atomic mass is 16.5. The summed E-state index contributed by atoms with van der Waals surface area (Å²) in [5.41, 5.74) is 3.25. The third-order valence-electron chi connectivity index (χ3n) is 3.77. The number of Topliss-reactive ketones (excluding diaryl/α,β-unsaturated/α-hetero) is 1. The van der Waals surface area contributed by atoms with Gasteiger partial charge in [-0.2, -0.15) is 5.10 Å². The van der Waals surface area contributed by atoms with Gasteiger partial charge in [-0.3, -0.25) is 9.48 Å². The lowest BCUT2D eigenvalue weighted by Crippen LogP contribution is -2.14. The molecule has 0 saturated heterocycles. The van der Waals surface area contributed by atoms with Gasteiger partial charge in [-0.1, -0.05) is 6.07 Å². The van der Waals surface area contributed by atoms with E-state index in [2.05, 4.69) is 5.10 Å². The molecule has 5 heteroatoms. The average Bonchev–Trinajstić information content (AvgIpc) is 2.86. The minimum Gasteiger partial charge on any atom is -0.504 e. The van der Waals surface area contributed by atoms with Gasteiger partial charge in [0.25, 0.3) is 0 Å². The van der Waals surface area contributed by atoms with E-state index in [0.717, 1.165) is 23.3 Å². The molecule has 2 aromatic rings. The van der Waals surface area contributed by atoms with Crippen LogP contribution >= 0.6 is 0 Å². The maximum atomic E-state index is 12.5. The van der Waals surface area contributed by atoms with Crippen LogP contribution in [0.1, 0.15) is 28.0 Å². The number of phenols is 1. The van der Waals surface area contributed by atoms with Crippen LogP contribution in [-0.2, 0) is 13.5 Å². The highest BCUT2D eigenvalue weighted by Crippen LogP contribution is 2.30. The van der Waals surface area contributed by atoms with Crippen molar-refractivity contribution < 1.29 is 14.6 Å². The molecule has 1 aliphatic carbocycles. The normalized spacial score (nSPS) is 16.1. The Labute approximate surface area is 122 Å². The SMILES string of the molecule is COc1cc(/C=C2\CCc3c(cnn3C)C2=O)ccc1O. The van der Waals surface area contributed by atoms with Gasteiger partial charge in [0, 0.05) is 18.3 Å². The van der Waals surface area contributed by atoms with E-state index < -0.39 is 0 Å². The van der Waals surface area contributed by atoms with Crippen molar-refractivity contribution in [1.82, 2.24) is 9.78 Å². The first-order valence-corrected chi connectivity index (χ1v) is 6.73. The molecule has 0 amide bonds. The number of hydrogen-bond donors (Lipinski definition) is 1. The van der Waals surface area contributed by atoms with Crippen LogP contribution in [0, 0.1) is 0 Å². The number of carbonyl (C=O) groups is 1. The lowest BCUT2D eigenvalue weighted by atomic mass is 9.90. The van der Waals surface area contributed by atoms with Gasteiger partial charge >= 0.3 is 0 Å². The van der Waals surface area contributed by atoms with Crippen LogP contribution in [0.3, 0.4) is 0 Å². The Bertz CT molecular complexity index is 744.